The van der Waals surface area contributed by atoms with Crippen LogP contribution in [0.15, 0.2) is 18.2 Å². The Balaban J connectivity index is 1.69. The number of nitrogens with zero attached hydrogens (tertiary/aromatic N) is 3. The van der Waals surface area contributed by atoms with Crippen LogP contribution in [0.1, 0.15) is 38.2 Å². The van der Waals surface area contributed by atoms with Gasteiger partial charge in [-0.15, -0.1) is 0 Å². The molecule has 0 bridgehead atoms. The molecule has 2 aliphatic rings. The van der Waals surface area contributed by atoms with Gasteiger partial charge >= 0.3 is 0 Å². The van der Waals surface area contributed by atoms with E-state index in [0.717, 1.165) is 30.4 Å². The van der Waals surface area contributed by atoms with Gasteiger partial charge in [-0.3, -0.25) is 4.90 Å². The molecule has 112 valence electrons. The molecule has 1 aromatic carbocycles. The van der Waals surface area contributed by atoms with Crippen molar-refractivity contribution in [3.8, 4) is 6.07 Å². The van der Waals surface area contributed by atoms with Crippen molar-refractivity contribution >= 4 is 17.3 Å². The Bertz CT molecular complexity index is 543. The van der Waals surface area contributed by atoms with E-state index in [0.29, 0.717) is 11.1 Å². The number of likely N-dealkylation sites (tertiary alicyclic amines) is 1. The maximum Gasteiger partial charge on any atom is 0.101 e. The van der Waals surface area contributed by atoms with Crippen molar-refractivity contribution in [2.75, 3.05) is 24.5 Å². The summed E-state index contributed by atoms with van der Waals surface area (Å²) in [6.07, 6.45) is 5.05. The highest BCUT2D eigenvalue weighted by Gasteiger charge is 2.30. The van der Waals surface area contributed by atoms with Crippen molar-refractivity contribution < 1.29 is 0 Å². The average molecular weight is 304 g/mol. The van der Waals surface area contributed by atoms with Crippen LogP contribution < -0.4 is 4.90 Å². The van der Waals surface area contributed by atoms with Gasteiger partial charge in [-0.1, -0.05) is 11.6 Å². The number of piperidine rings is 1. The van der Waals surface area contributed by atoms with Crippen molar-refractivity contribution in [1.29, 1.82) is 5.26 Å². The molecule has 3 nitrogen and oxygen atoms in total. The zero-order valence-electron chi connectivity index (χ0n) is 12.6. The second-order valence-corrected chi connectivity index (χ2v) is 6.66. The minimum absolute atomic E-state index is 0.708. The Hall–Kier alpha value is -1.24. The summed E-state index contributed by atoms with van der Waals surface area (Å²) < 4.78 is 0. The number of hydrogen-bond acceptors (Lipinski definition) is 3. The molecule has 3 rings (SSSR count). The van der Waals surface area contributed by atoms with Crippen LogP contribution in [0.4, 0.5) is 5.69 Å². The average Bonchev–Trinajstić information content (AvgIpc) is 2.93. The smallest absolute Gasteiger partial charge is 0.101 e. The molecule has 21 heavy (non-hydrogen) atoms. The maximum absolute atomic E-state index is 9.27. The Morgan fingerprint density at radius 2 is 1.95 bits per heavy atom. The summed E-state index contributed by atoms with van der Waals surface area (Å²) in [5.74, 6) is 0. The van der Waals surface area contributed by atoms with Crippen LogP contribution in [0.2, 0.25) is 5.02 Å². The number of halogens is 1. The van der Waals surface area contributed by atoms with Gasteiger partial charge in [0, 0.05) is 30.2 Å². The summed E-state index contributed by atoms with van der Waals surface area (Å²) in [6, 6.07) is 9.28. The first-order valence-corrected chi connectivity index (χ1v) is 8.27. The van der Waals surface area contributed by atoms with Gasteiger partial charge in [-0.25, -0.2) is 0 Å². The molecular formula is C17H22ClN3. The molecule has 0 aliphatic carbocycles. The molecule has 0 spiro atoms. The van der Waals surface area contributed by atoms with Crippen LogP contribution in [-0.2, 0) is 0 Å². The lowest BCUT2D eigenvalue weighted by molar-refractivity contribution is 0.163. The van der Waals surface area contributed by atoms with E-state index in [-0.39, 0.29) is 0 Å². The molecule has 2 fully saturated rings. The molecule has 4 heteroatoms. The molecule has 0 aromatic heterocycles. The fraction of sp³-hybridized carbons (Fsp3) is 0.588. The SMILES string of the molecule is CC1CCCN1C1CCN(c2cc(Cl)ccc2C#N)CC1. The molecule has 1 aromatic rings. The van der Waals surface area contributed by atoms with E-state index >= 15 is 0 Å². The largest absolute Gasteiger partial charge is 0.370 e. The van der Waals surface area contributed by atoms with Gasteiger partial charge in [0.05, 0.1) is 11.3 Å². The highest BCUT2D eigenvalue weighted by molar-refractivity contribution is 6.30. The zero-order chi connectivity index (χ0) is 14.8. The highest BCUT2D eigenvalue weighted by atomic mass is 35.5. The molecule has 0 N–H and O–H groups in total. The molecule has 2 aliphatic heterocycles. The lowest BCUT2D eigenvalue weighted by atomic mass is 10.0. The molecule has 1 unspecified atom stereocenters. The van der Waals surface area contributed by atoms with Crippen molar-refractivity contribution in [3.05, 3.63) is 28.8 Å². The Labute approximate surface area is 132 Å². The number of nitriles is 1. The first-order valence-electron chi connectivity index (χ1n) is 7.89. The highest BCUT2D eigenvalue weighted by Crippen LogP contribution is 2.30. The predicted molar refractivity (Wildman–Crippen MR) is 86.8 cm³/mol. The summed E-state index contributed by atoms with van der Waals surface area (Å²) in [5.41, 5.74) is 1.73. The van der Waals surface area contributed by atoms with E-state index in [9.17, 15) is 5.26 Å². The van der Waals surface area contributed by atoms with Crippen LogP contribution in [0.5, 0.6) is 0 Å². The first kappa shape index (κ1) is 14.7. The van der Waals surface area contributed by atoms with Gasteiger partial charge in [0.25, 0.3) is 0 Å². The van der Waals surface area contributed by atoms with Gasteiger partial charge in [0.2, 0.25) is 0 Å². The lowest BCUT2D eigenvalue weighted by Crippen LogP contribution is -2.46. The fourth-order valence-corrected chi connectivity index (χ4v) is 3.96. The monoisotopic (exact) mass is 303 g/mol. The molecule has 0 amide bonds. The van der Waals surface area contributed by atoms with Gasteiger partial charge in [-0.2, -0.15) is 5.26 Å². The molecule has 1 atom stereocenters. The van der Waals surface area contributed by atoms with Gasteiger partial charge in [-0.05, 0) is 57.4 Å². The van der Waals surface area contributed by atoms with Crippen molar-refractivity contribution in [2.24, 2.45) is 0 Å². The summed E-state index contributed by atoms with van der Waals surface area (Å²) in [7, 11) is 0. The van der Waals surface area contributed by atoms with E-state index in [1.807, 2.05) is 12.1 Å². The standard InChI is InChI=1S/C17H22ClN3/c1-13-3-2-8-21(13)16-6-9-20(10-7-16)17-11-15(18)5-4-14(17)12-19/h4-5,11,13,16H,2-3,6-10H2,1H3. The summed E-state index contributed by atoms with van der Waals surface area (Å²) >= 11 is 6.10. The van der Waals surface area contributed by atoms with Crippen LogP contribution in [0.25, 0.3) is 0 Å². The third-order valence-electron chi connectivity index (χ3n) is 4.96. The van der Waals surface area contributed by atoms with Crippen LogP contribution in [0, 0.1) is 11.3 Å². The Morgan fingerprint density at radius 3 is 2.57 bits per heavy atom. The second-order valence-electron chi connectivity index (χ2n) is 6.22. The molecule has 2 saturated heterocycles. The molecule has 2 heterocycles. The van der Waals surface area contributed by atoms with Crippen LogP contribution in [-0.4, -0.2) is 36.6 Å². The Kier molecular flexibility index (Phi) is 4.37. The summed E-state index contributed by atoms with van der Waals surface area (Å²) in [5, 5.41) is 9.98. The van der Waals surface area contributed by atoms with E-state index < -0.39 is 0 Å². The lowest BCUT2D eigenvalue weighted by Gasteiger charge is -2.39. The Morgan fingerprint density at radius 1 is 1.19 bits per heavy atom. The summed E-state index contributed by atoms with van der Waals surface area (Å²) in [4.78, 5) is 5.00. The number of rotatable bonds is 2. The third-order valence-corrected chi connectivity index (χ3v) is 5.19. The van der Waals surface area contributed by atoms with Crippen LogP contribution in [0.3, 0.4) is 0 Å². The van der Waals surface area contributed by atoms with Crippen LogP contribution >= 0.6 is 11.6 Å². The summed E-state index contributed by atoms with van der Waals surface area (Å²) in [6.45, 7) is 5.64. The van der Waals surface area contributed by atoms with Crippen molar-refractivity contribution in [3.63, 3.8) is 0 Å². The second kappa shape index (κ2) is 6.25. The van der Waals surface area contributed by atoms with Gasteiger partial charge in [0.15, 0.2) is 0 Å². The molecule has 0 saturated carbocycles. The maximum atomic E-state index is 9.27. The van der Waals surface area contributed by atoms with Gasteiger partial charge < -0.3 is 4.90 Å². The van der Waals surface area contributed by atoms with Gasteiger partial charge in [0.1, 0.15) is 6.07 Å². The predicted octanol–water partition coefficient (Wildman–Crippen LogP) is 3.66. The third kappa shape index (κ3) is 3.02. The minimum atomic E-state index is 0.708. The zero-order valence-corrected chi connectivity index (χ0v) is 13.3. The van der Waals surface area contributed by atoms with E-state index in [4.69, 9.17) is 11.6 Å². The van der Waals surface area contributed by atoms with E-state index in [2.05, 4.69) is 22.8 Å². The normalized spacial score (nSPS) is 24.2. The quantitative estimate of drug-likeness (QED) is 0.835. The fourth-order valence-electron chi connectivity index (χ4n) is 3.80. The topological polar surface area (TPSA) is 30.3 Å². The molecular weight excluding hydrogens is 282 g/mol. The first-order chi connectivity index (χ1) is 10.2. The van der Waals surface area contributed by atoms with E-state index in [1.165, 1.54) is 32.2 Å². The van der Waals surface area contributed by atoms with E-state index in [1.54, 1.807) is 6.07 Å². The van der Waals surface area contributed by atoms with Crippen molar-refractivity contribution in [1.82, 2.24) is 4.90 Å². The minimum Gasteiger partial charge on any atom is -0.370 e. The molecule has 0 radical (unpaired) electrons. The number of benzene rings is 1. The number of hydrogen-bond donors (Lipinski definition) is 0. The number of anilines is 1. The van der Waals surface area contributed by atoms with Crippen molar-refractivity contribution in [2.45, 2.75) is 44.7 Å².